The van der Waals surface area contributed by atoms with E-state index in [4.69, 9.17) is 9.47 Å². The maximum atomic E-state index is 5.88. The van der Waals surface area contributed by atoms with Gasteiger partial charge in [-0.25, -0.2) is 0 Å². The zero-order chi connectivity index (χ0) is 21.4. The lowest BCUT2D eigenvalue weighted by Crippen LogP contribution is -2.33. The summed E-state index contributed by atoms with van der Waals surface area (Å²) < 4.78 is 11.8. The summed E-state index contributed by atoms with van der Waals surface area (Å²) in [5.41, 5.74) is 8.54. The van der Waals surface area contributed by atoms with Gasteiger partial charge in [-0.2, -0.15) is 0 Å². The molecular formula is C28H36O2. The molecule has 0 radical (unpaired) electrons. The molecule has 2 nitrogen and oxygen atoms in total. The van der Waals surface area contributed by atoms with Gasteiger partial charge in [-0.15, -0.1) is 0 Å². The van der Waals surface area contributed by atoms with Gasteiger partial charge >= 0.3 is 0 Å². The zero-order valence-corrected chi connectivity index (χ0v) is 19.3. The Balaban J connectivity index is 1.73. The van der Waals surface area contributed by atoms with Crippen LogP contribution in [0.4, 0.5) is 0 Å². The van der Waals surface area contributed by atoms with Crippen LogP contribution >= 0.6 is 0 Å². The SMILES string of the molecule is Cc1ccc(C(=Cc2ccc3c(c2)C(C)(C)CCC3(C)C)CC2OCCCO2)cc1. The summed E-state index contributed by atoms with van der Waals surface area (Å²) in [5.74, 6) is 0. The maximum Gasteiger partial charge on any atom is 0.161 e. The van der Waals surface area contributed by atoms with Crippen molar-refractivity contribution in [2.24, 2.45) is 0 Å². The van der Waals surface area contributed by atoms with Gasteiger partial charge in [0.1, 0.15) is 0 Å². The summed E-state index contributed by atoms with van der Waals surface area (Å²) >= 11 is 0. The molecule has 4 rings (SSSR count). The Bertz CT molecular complexity index is 912. The van der Waals surface area contributed by atoms with Crippen LogP contribution in [0.5, 0.6) is 0 Å². The van der Waals surface area contributed by atoms with Crippen LogP contribution in [0.1, 0.15) is 81.2 Å². The molecule has 0 unspecified atom stereocenters. The van der Waals surface area contributed by atoms with Crippen molar-refractivity contribution in [2.75, 3.05) is 13.2 Å². The molecular weight excluding hydrogens is 368 g/mol. The highest BCUT2D eigenvalue weighted by Crippen LogP contribution is 2.46. The van der Waals surface area contributed by atoms with Crippen LogP contribution in [-0.4, -0.2) is 19.5 Å². The van der Waals surface area contributed by atoms with Gasteiger partial charge in [-0.1, -0.05) is 81.8 Å². The quantitative estimate of drug-likeness (QED) is 0.509. The predicted molar refractivity (Wildman–Crippen MR) is 126 cm³/mol. The molecule has 1 aliphatic carbocycles. The minimum absolute atomic E-state index is 0.153. The summed E-state index contributed by atoms with van der Waals surface area (Å²) in [6, 6.07) is 15.9. The molecule has 0 amide bonds. The van der Waals surface area contributed by atoms with Gasteiger partial charge in [0.15, 0.2) is 6.29 Å². The summed E-state index contributed by atoms with van der Waals surface area (Å²) in [6.07, 6.45) is 6.41. The molecule has 0 saturated carbocycles. The molecule has 1 aliphatic heterocycles. The van der Waals surface area contributed by atoms with E-state index in [2.05, 4.69) is 83.2 Å². The highest BCUT2D eigenvalue weighted by molar-refractivity contribution is 5.82. The molecule has 0 bridgehead atoms. The van der Waals surface area contributed by atoms with Crippen molar-refractivity contribution in [1.82, 2.24) is 0 Å². The lowest BCUT2D eigenvalue weighted by molar-refractivity contribution is -0.174. The molecule has 2 aliphatic rings. The molecule has 1 saturated heterocycles. The van der Waals surface area contributed by atoms with Gasteiger partial charge < -0.3 is 9.47 Å². The summed E-state index contributed by atoms with van der Waals surface area (Å²) in [5, 5.41) is 0. The van der Waals surface area contributed by atoms with E-state index in [-0.39, 0.29) is 17.1 Å². The lowest BCUT2D eigenvalue weighted by Gasteiger charge is -2.42. The fourth-order valence-corrected chi connectivity index (χ4v) is 4.76. The minimum Gasteiger partial charge on any atom is -0.352 e. The molecule has 2 aromatic rings. The van der Waals surface area contributed by atoms with Gasteiger partial charge in [0, 0.05) is 6.42 Å². The van der Waals surface area contributed by atoms with Gasteiger partial charge in [-0.3, -0.25) is 0 Å². The highest BCUT2D eigenvalue weighted by atomic mass is 16.7. The first-order valence-electron chi connectivity index (χ1n) is 11.4. The predicted octanol–water partition coefficient (Wildman–Crippen LogP) is 7.04. The fraction of sp³-hybridized carbons (Fsp3) is 0.500. The number of hydrogen-bond donors (Lipinski definition) is 0. The lowest BCUT2D eigenvalue weighted by atomic mass is 9.63. The van der Waals surface area contributed by atoms with E-state index in [1.807, 2.05) is 0 Å². The van der Waals surface area contributed by atoms with E-state index in [0.29, 0.717) is 0 Å². The van der Waals surface area contributed by atoms with Crippen molar-refractivity contribution < 1.29 is 9.47 Å². The fourth-order valence-electron chi connectivity index (χ4n) is 4.76. The molecule has 0 N–H and O–H groups in total. The normalized spacial score (nSPS) is 21.3. The van der Waals surface area contributed by atoms with Crippen LogP contribution in [0.25, 0.3) is 11.6 Å². The number of fused-ring (bicyclic) bond motifs is 1. The number of hydrogen-bond acceptors (Lipinski definition) is 2. The largest absolute Gasteiger partial charge is 0.352 e. The van der Waals surface area contributed by atoms with E-state index in [1.165, 1.54) is 46.2 Å². The van der Waals surface area contributed by atoms with Crippen LogP contribution in [0.15, 0.2) is 42.5 Å². The van der Waals surface area contributed by atoms with E-state index in [1.54, 1.807) is 0 Å². The second-order valence-corrected chi connectivity index (χ2v) is 10.3. The van der Waals surface area contributed by atoms with Gasteiger partial charge in [0.05, 0.1) is 13.2 Å². The third kappa shape index (κ3) is 4.55. The topological polar surface area (TPSA) is 18.5 Å². The molecule has 30 heavy (non-hydrogen) atoms. The Labute approximate surface area is 182 Å². The van der Waals surface area contributed by atoms with Crippen LogP contribution in [0.2, 0.25) is 0 Å². The molecule has 0 atom stereocenters. The van der Waals surface area contributed by atoms with E-state index < -0.39 is 0 Å². The number of benzene rings is 2. The second-order valence-electron chi connectivity index (χ2n) is 10.3. The van der Waals surface area contributed by atoms with E-state index >= 15 is 0 Å². The molecule has 1 heterocycles. The van der Waals surface area contributed by atoms with Crippen molar-refractivity contribution in [1.29, 1.82) is 0 Å². The van der Waals surface area contributed by atoms with Crippen molar-refractivity contribution in [3.05, 3.63) is 70.3 Å². The number of aryl methyl sites for hydroxylation is 1. The first-order valence-corrected chi connectivity index (χ1v) is 11.4. The third-order valence-corrected chi connectivity index (χ3v) is 6.92. The zero-order valence-electron chi connectivity index (χ0n) is 19.3. The number of ether oxygens (including phenoxy) is 2. The second kappa shape index (κ2) is 8.32. The Kier molecular flexibility index (Phi) is 5.92. The standard InChI is InChI=1S/C28H36O2/c1-20-7-10-22(11-8-20)23(19-26-29-15-6-16-30-26)17-21-9-12-24-25(18-21)28(4,5)14-13-27(24,2)3/h7-12,17-18,26H,6,13-16,19H2,1-5H3. The highest BCUT2D eigenvalue weighted by Gasteiger charge is 2.36. The first-order chi connectivity index (χ1) is 14.2. The molecule has 1 fully saturated rings. The van der Waals surface area contributed by atoms with Crippen molar-refractivity contribution >= 4 is 11.6 Å². The van der Waals surface area contributed by atoms with Gasteiger partial charge in [0.25, 0.3) is 0 Å². The summed E-state index contributed by atoms with van der Waals surface area (Å²) in [6.45, 7) is 13.2. The molecule has 0 spiro atoms. The summed E-state index contributed by atoms with van der Waals surface area (Å²) in [7, 11) is 0. The van der Waals surface area contributed by atoms with Crippen molar-refractivity contribution in [2.45, 2.75) is 77.4 Å². The third-order valence-electron chi connectivity index (χ3n) is 6.92. The smallest absolute Gasteiger partial charge is 0.161 e. The summed E-state index contributed by atoms with van der Waals surface area (Å²) in [4.78, 5) is 0. The van der Waals surface area contributed by atoms with Gasteiger partial charge in [-0.05, 0) is 64.8 Å². The average molecular weight is 405 g/mol. The minimum atomic E-state index is -0.153. The Morgan fingerprint density at radius 3 is 2.20 bits per heavy atom. The molecule has 160 valence electrons. The Morgan fingerprint density at radius 1 is 0.900 bits per heavy atom. The first kappa shape index (κ1) is 21.3. The molecule has 2 aromatic carbocycles. The van der Waals surface area contributed by atoms with Crippen LogP contribution in [-0.2, 0) is 20.3 Å². The maximum absolute atomic E-state index is 5.88. The van der Waals surface area contributed by atoms with E-state index in [0.717, 1.165) is 26.1 Å². The molecule has 2 heteroatoms. The molecule has 0 aromatic heterocycles. The Hall–Kier alpha value is -1.90. The number of rotatable bonds is 4. The van der Waals surface area contributed by atoms with Crippen molar-refractivity contribution in [3.8, 4) is 0 Å². The average Bonchev–Trinajstić information content (AvgIpc) is 2.72. The van der Waals surface area contributed by atoms with Crippen molar-refractivity contribution in [3.63, 3.8) is 0 Å². The van der Waals surface area contributed by atoms with Crippen LogP contribution < -0.4 is 0 Å². The monoisotopic (exact) mass is 404 g/mol. The van der Waals surface area contributed by atoms with Crippen LogP contribution in [0.3, 0.4) is 0 Å². The van der Waals surface area contributed by atoms with E-state index in [9.17, 15) is 0 Å². The van der Waals surface area contributed by atoms with Gasteiger partial charge in [0.2, 0.25) is 0 Å². The van der Waals surface area contributed by atoms with Crippen LogP contribution in [0, 0.1) is 6.92 Å². The Morgan fingerprint density at radius 2 is 1.53 bits per heavy atom.